The lowest BCUT2D eigenvalue weighted by Gasteiger charge is -2.10. The third-order valence-corrected chi connectivity index (χ3v) is 5.72. The predicted octanol–water partition coefficient (Wildman–Crippen LogP) is 3.67. The number of benzene rings is 2. The van der Waals surface area contributed by atoms with Crippen molar-refractivity contribution in [1.29, 1.82) is 0 Å². The molecule has 0 radical (unpaired) electrons. The van der Waals surface area contributed by atoms with Crippen molar-refractivity contribution in [2.24, 2.45) is 0 Å². The van der Waals surface area contributed by atoms with Crippen molar-refractivity contribution in [1.82, 2.24) is 4.72 Å². The maximum absolute atomic E-state index is 12.4. The molecule has 1 aliphatic rings. The van der Waals surface area contributed by atoms with Crippen LogP contribution in [0.3, 0.4) is 0 Å². The molecule has 0 atom stereocenters. The van der Waals surface area contributed by atoms with Crippen LogP contribution in [0.25, 0.3) is 6.08 Å². The summed E-state index contributed by atoms with van der Waals surface area (Å²) in [4.78, 5) is 11.9. The number of hydrogen-bond donors (Lipinski definition) is 1. The van der Waals surface area contributed by atoms with E-state index < -0.39 is 15.9 Å². The van der Waals surface area contributed by atoms with E-state index in [2.05, 4.69) is 0 Å². The minimum atomic E-state index is -4.06. The molecule has 3 rings (SSSR count). The Bertz CT molecular complexity index is 1000. The number of carbonyl (C=O) groups excluding carboxylic acids is 1. The molecule has 0 aromatic heterocycles. The van der Waals surface area contributed by atoms with Crippen molar-refractivity contribution in [2.45, 2.75) is 11.3 Å². The van der Waals surface area contributed by atoms with Crippen molar-refractivity contribution < 1.29 is 22.7 Å². The molecule has 0 saturated carbocycles. The van der Waals surface area contributed by atoms with Crippen LogP contribution in [-0.4, -0.2) is 27.5 Å². The first-order valence-electron chi connectivity index (χ1n) is 7.95. The van der Waals surface area contributed by atoms with Crippen LogP contribution >= 0.6 is 23.2 Å². The Morgan fingerprint density at radius 2 is 1.74 bits per heavy atom. The van der Waals surface area contributed by atoms with Gasteiger partial charge >= 0.3 is 0 Å². The zero-order chi connectivity index (χ0) is 19.4. The van der Waals surface area contributed by atoms with Crippen LogP contribution in [-0.2, 0) is 14.8 Å². The van der Waals surface area contributed by atoms with E-state index in [9.17, 15) is 13.2 Å². The normalized spacial score (nSPS) is 14.0. The summed E-state index contributed by atoms with van der Waals surface area (Å²) in [6, 6.07) is 8.98. The number of rotatable bonds is 4. The molecule has 0 unspecified atom stereocenters. The van der Waals surface area contributed by atoms with Gasteiger partial charge in [0.1, 0.15) is 0 Å². The second kappa shape index (κ2) is 8.21. The van der Waals surface area contributed by atoms with E-state index in [0.29, 0.717) is 46.7 Å². The Morgan fingerprint density at radius 3 is 2.48 bits per heavy atom. The van der Waals surface area contributed by atoms with Crippen molar-refractivity contribution in [3.05, 3.63) is 58.1 Å². The number of amides is 1. The highest BCUT2D eigenvalue weighted by atomic mass is 35.5. The van der Waals surface area contributed by atoms with Gasteiger partial charge in [-0.3, -0.25) is 4.79 Å². The Balaban J connectivity index is 1.73. The molecule has 0 saturated heterocycles. The van der Waals surface area contributed by atoms with E-state index >= 15 is 0 Å². The number of fused-ring (bicyclic) bond motifs is 1. The summed E-state index contributed by atoms with van der Waals surface area (Å²) >= 11 is 11.7. The Morgan fingerprint density at radius 1 is 1.00 bits per heavy atom. The van der Waals surface area contributed by atoms with Gasteiger partial charge in [0.25, 0.3) is 15.9 Å². The number of halogens is 2. The largest absolute Gasteiger partial charge is 0.490 e. The number of carbonyl (C=O) groups is 1. The molecule has 142 valence electrons. The predicted molar refractivity (Wildman–Crippen MR) is 103 cm³/mol. The summed E-state index contributed by atoms with van der Waals surface area (Å²) < 4.78 is 37.8. The van der Waals surface area contributed by atoms with Crippen LogP contribution in [0.1, 0.15) is 12.0 Å². The highest BCUT2D eigenvalue weighted by Gasteiger charge is 2.20. The third kappa shape index (κ3) is 4.94. The summed E-state index contributed by atoms with van der Waals surface area (Å²) in [6.07, 6.45) is 3.23. The molecule has 2 aromatic rings. The number of hydrogen-bond acceptors (Lipinski definition) is 5. The van der Waals surface area contributed by atoms with Crippen molar-refractivity contribution in [2.75, 3.05) is 13.2 Å². The number of ether oxygens (including phenoxy) is 2. The van der Waals surface area contributed by atoms with Gasteiger partial charge in [-0.05, 0) is 35.9 Å². The van der Waals surface area contributed by atoms with Gasteiger partial charge in [0.05, 0.1) is 28.2 Å². The van der Waals surface area contributed by atoms with E-state index in [1.54, 1.807) is 18.2 Å². The standard InChI is InChI=1S/C18H15Cl2NO5S/c19-14-5-2-12(10-15(14)20)3-7-18(22)21-27(23,24)13-4-6-16-17(11-13)26-9-1-8-25-16/h2-7,10-11H,1,8-9H2,(H,21,22). The van der Waals surface area contributed by atoms with E-state index in [0.717, 1.165) is 6.08 Å². The summed E-state index contributed by atoms with van der Waals surface area (Å²) in [5.74, 6) is -0.000328. The van der Waals surface area contributed by atoms with E-state index in [-0.39, 0.29) is 4.90 Å². The lowest BCUT2D eigenvalue weighted by Crippen LogP contribution is -2.29. The third-order valence-electron chi connectivity index (χ3n) is 3.64. The van der Waals surface area contributed by atoms with Crippen LogP contribution in [0.15, 0.2) is 47.4 Å². The van der Waals surface area contributed by atoms with E-state index in [4.69, 9.17) is 32.7 Å². The van der Waals surface area contributed by atoms with Gasteiger partial charge in [0, 0.05) is 18.6 Å². The molecule has 1 amide bonds. The van der Waals surface area contributed by atoms with Crippen molar-refractivity contribution in [3.63, 3.8) is 0 Å². The van der Waals surface area contributed by atoms with Gasteiger partial charge in [-0.1, -0.05) is 29.3 Å². The minimum Gasteiger partial charge on any atom is -0.490 e. The first-order valence-corrected chi connectivity index (χ1v) is 10.2. The van der Waals surface area contributed by atoms with Gasteiger partial charge in [0.2, 0.25) is 0 Å². The quantitative estimate of drug-likeness (QED) is 0.752. The summed E-state index contributed by atoms with van der Waals surface area (Å²) in [7, 11) is -4.06. The van der Waals surface area contributed by atoms with Gasteiger partial charge in [-0.25, -0.2) is 13.1 Å². The first-order chi connectivity index (χ1) is 12.8. The topological polar surface area (TPSA) is 81.7 Å². The fourth-order valence-electron chi connectivity index (χ4n) is 2.32. The fraction of sp³-hybridized carbons (Fsp3) is 0.167. The van der Waals surface area contributed by atoms with Gasteiger partial charge in [0.15, 0.2) is 11.5 Å². The van der Waals surface area contributed by atoms with Crippen LogP contribution in [0.4, 0.5) is 0 Å². The van der Waals surface area contributed by atoms with Crippen LogP contribution < -0.4 is 14.2 Å². The van der Waals surface area contributed by atoms with Crippen molar-refractivity contribution in [3.8, 4) is 11.5 Å². The van der Waals surface area contributed by atoms with Crippen LogP contribution in [0, 0.1) is 0 Å². The van der Waals surface area contributed by atoms with E-state index in [1.807, 2.05) is 4.72 Å². The molecule has 2 aromatic carbocycles. The molecule has 1 N–H and O–H groups in total. The Hall–Kier alpha value is -2.22. The second-order valence-corrected chi connectivity index (χ2v) is 8.13. The second-order valence-electron chi connectivity index (χ2n) is 5.64. The Kier molecular flexibility index (Phi) is 5.94. The highest BCUT2D eigenvalue weighted by Crippen LogP contribution is 2.31. The van der Waals surface area contributed by atoms with Gasteiger partial charge in [-0.15, -0.1) is 0 Å². The molecular formula is C18H15Cl2NO5S. The maximum atomic E-state index is 12.4. The lowest BCUT2D eigenvalue weighted by molar-refractivity contribution is -0.114. The van der Waals surface area contributed by atoms with Crippen molar-refractivity contribution >= 4 is 45.2 Å². The molecule has 9 heteroatoms. The molecule has 0 spiro atoms. The molecule has 0 bridgehead atoms. The average Bonchev–Trinajstić information content (AvgIpc) is 2.87. The molecule has 27 heavy (non-hydrogen) atoms. The SMILES string of the molecule is O=C(C=Cc1ccc(Cl)c(Cl)c1)NS(=O)(=O)c1ccc2c(c1)OCCCO2. The molecular weight excluding hydrogens is 413 g/mol. The first kappa shape index (κ1) is 19.5. The fourth-order valence-corrected chi connectivity index (χ4v) is 3.59. The zero-order valence-corrected chi connectivity index (χ0v) is 16.3. The monoisotopic (exact) mass is 427 g/mol. The minimum absolute atomic E-state index is 0.0944. The molecule has 0 fully saturated rings. The zero-order valence-electron chi connectivity index (χ0n) is 13.9. The van der Waals surface area contributed by atoms with Crippen LogP contribution in [0.2, 0.25) is 10.0 Å². The highest BCUT2D eigenvalue weighted by molar-refractivity contribution is 7.90. The summed E-state index contributed by atoms with van der Waals surface area (Å²) in [5, 5.41) is 0.717. The van der Waals surface area contributed by atoms with Gasteiger partial charge in [-0.2, -0.15) is 0 Å². The van der Waals surface area contributed by atoms with E-state index in [1.165, 1.54) is 24.3 Å². The van der Waals surface area contributed by atoms with Gasteiger partial charge < -0.3 is 9.47 Å². The molecule has 0 aliphatic carbocycles. The summed E-state index contributed by atoms with van der Waals surface area (Å²) in [5.41, 5.74) is 0.604. The smallest absolute Gasteiger partial charge is 0.264 e. The Labute approximate surface area is 166 Å². The number of nitrogens with one attached hydrogen (secondary N) is 1. The molecule has 1 heterocycles. The molecule has 6 nitrogen and oxygen atoms in total. The summed E-state index contributed by atoms with van der Waals surface area (Å²) in [6.45, 7) is 0.921. The maximum Gasteiger partial charge on any atom is 0.264 e. The lowest BCUT2D eigenvalue weighted by atomic mass is 10.2. The van der Waals surface area contributed by atoms with Crippen LogP contribution in [0.5, 0.6) is 11.5 Å². The average molecular weight is 428 g/mol. The molecule has 1 aliphatic heterocycles. The number of sulfonamides is 1.